The van der Waals surface area contributed by atoms with Crippen LogP contribution in [-0.2, 0) is 16.0 Å². The highest BCUT2D eigenvalue weighted by atomic mass is 16.6. The van der Waals surface area contributed by atoms with Crippen LogP contribution in [0.25, 0.3) is 11.1 Å². The lowest BCUT2D eigenvalue weighted by atomic mass is 10.1. The van der Waals surface area contributed by atoms with Crippen molar-refractivity contribution >= 4 is 11.9 Å². The summed E-state index contributed by atoms with van der Waals surface area (Å²) in [5.74, 6) is -2.53. The van der Waals surface area contributed by atoms with Gasteiger partial charge in [-0.25, -0.2) is 9.59 Å². The summed E-state index contributed by atoms with van der Waals surface area (Å²) in [6.07, 6.45) is 0.647. The molecule has 0 saturated heterocycles. The SMILES string of the molecule is O=C(O)C(=O)Oc1cccc2c1Cc1ccccc1-2. The number of rotatable bonds is 1. The molecule has 3 rings (SSSR count). The minimum atomic E-state index is -1.59. The standard InChI is InChI=1S/C15H10O4/c16-14(17)15(18)19-13-7-3-6-11-10-5-2-1-4-9(10)8-12(11)13/h1-7H,8H2,(H,16,17). The molecule has 4 nitrogen and oxygen atoms in total. The van der Waals surface area contributed by atoms with Crippen molar-refractivity contribution in [1.29, 1.82) is 0 Å². The highest BCUT2D eigenvalue weighted by Crippen LogP contribution is 2.40. The molecule has 0 spiro atoms. The maximum atomic E-state index is 11.2. The first-order valence-corrected chi connectivity index (χ1v) is 5.82. The summed E-state index contributed by atoms with van der Waals surface area (Å²) in [4.78, 5) is 21.7. The first kappa shape index (κ1) is 11.5. The van der Waals surface area contributed by atoms with E-state index in [1.54, 1.807) is 12.1 Å². The van der Waals surface area contributed by atoms with Gasteiger partial charge in [-0.1, -0.05) is 36.4 Å². The van der Waals surface area contributed by atoms with Gasteiger partial charge in [0.05, 0.1) is 0 Å². The number of fused-ring (bicyclic) bond motifs is 3. The van der Waals surface area contributed by atoms with Crippen molar-refractivity contribution in [2.24, 2.45) is 0 Å². The third kappa shape index (κ3) is 1.87. The Labute approximate surface area is 109 Å². The number of esters is 1. The molecule has 0 atom stereocenters. The molecule has 94 valence electrons. The van der Waals surface area contributed by atoms with Gasteiger partial charge in [-0.3, -0.25) is 0 Å². The lowest BCUT2D eigenvalue weighted by Gasteiger charge is -2.07. The zero-order chi connectivity index (χ0) is 13.4. The number of carboxylic acids is 1. The number of carbonyl (C=O) groups is 2. The van der Waals surface area contributed by atoms with E-state index in [4.69, 9.17) is 9.84 Å². The number of ether oxygens (including phenoxy) is 1. The Balaban J connectivity index is 2.04. The third-order valence-corrected chi connectivity index (χ3v) is 3.19. The van der Waals surface area contributed by atoms with Gasteiger partial charge in [0, 0.05) is 12.0 Å². The van der Waals surface area contributed by atoms with Crippen LogP contribution in [0, 0.1) is 0 Å². The zero-order valence-corrected chi connectivity index (χ0v) is 9.92. The molecule has 0 heterocycles. The van der Waals surface area contributed by atoms with E-state index in [1.807, 2.05) is 30.3 Å². The predicted octanol–water partition coefficient (Wildman–Crippen LogP) is 2.25. The van der Waals surface area contributed by atoms with Crippen LogP contribution < -0.4 is 4.74 Å². The molecule has 1 aliphatic carbocycles. The van der Waals surface area contributed by atoms with Crippen molar-refractivity contribution in [2.45, 2.75) is 6.42 Å². The number of carboxylic acid groups (broad SMARTS) is 1. The molecule has 19 heavy (non-hydrogen) atoms. The van der Waals surface area contributed by atoms with Crippen LogP contribution in [-0.4, -0.2) is 17.0 Å². The highest BCUT2D eigenvalue weighted by Gasteiger charge is 2.23. The molecule has 0 aliphatic heterocycles. The van der Waals surface area contributed by atoms with Crippen molar-refractivity contribution in [3.05, 3.63) is 53.6 Å². The quantitative estimate of drug-likeness (QED) is 0.411. The largest absolute Gasteiger partial charge is 0.473 e. The molecular formula is C15H10O4. The van der Waals surface area contributed by atoms with E-state index in [2.05, 4.69) is 0 Å². The molecule has 1 N–H and O–H groups in total. The van der Waals surface area contributed by atoms with E-state index in [0.29, 0.717) is 12.2 Å². The van der Waals surface area contributed by atoms with Crippen LogP contribution in [0.1, 0.15) is 11.1 Å². The fourth-order valence-corrected chi connectivity index (χ4v) is 2.37. The Hall–Kier alpha value is -2.62. The topological polar surface area (TPSA) is 63.6 Å². The van der Waals surface area contributed by atoms with Crippen molar-refractivity contribution in [2.75, 3.05) is 0 Å². The predicted molar refractivity (Wildman–Crippen MR) is 68.0 cm³/mol. The summed E-state index contributed by atoms with van der Waals surface area (Å²) in [5.41, 5.74) is 4.10. The Kier molecular flexibility index (Phi) is 2.56. The van der Waals surface area contributed by atoms with E-state index >= 15 is 0 Å². The molecule has 2 aromatic rings. The maximum Gasteiger partial charge on any atom is 0.422 e. The fraction of sp³-hybridized carbons (Fsp3) is 0.0667. The van der Waals surface area contributed by atoms with Gasteiger partial charge in [-0.15, -0.1) is 0 Å². The molecule has 0 saturated carbocycles. The van der Waals surface area contributed by atoms with Crippen LogP contribution >= 0.6 is 0 Å². The summed E-state index contributed by atoms with van der Waals surface area (Å²) in [7, 11) is 0. The molecule has 2 aromatic carbocycles. The Morgan fingerprint density at radius 1 is 1.00 bits per heavy atom. The van der Waals surface area contributed by atoms with E-state index in [-0.39, 0.29) is 0 Å². The van der Waals surface area contributed by atoms with E-state index in [0.717, 1.165) is 22.3 Å². The van der Waals surface area contributed by atoms with Gasteiger partial charge in [-0.2, -0.15) is 0 Å². The summed E-state index contributed by atoms with van der Waals surface area (Å²) >= 11 is 0. The molecule has 4 heteroatoms. The Morgan fingerprint density at radius 2 is 1.74 bits per heavy atom. The number of carbonyl (C=O) groups excluding carboxylic acids is 1. The van der Waals surface area contributed by atoms with Gasteiger partial charge >= 0.3 is 11.9 Å². The van der Waals surface area contributed by atoms with Gasteiger partial charge in [-0.05, 0) is 22.8 Å². The van der Waals surface area contributed by atoms with Gasteiger partial charge < -0.3 is 9.84 Å². The van der Waals surface area contributed by atoms with Crippen molar-refractivity contribution in [3.63, 3.8) is 0 Å². The van der Waals surface area contributed by atoms with Crippen LogP contribution in [0.5, 0.6) is 5.75 Å². The average molecular weight is 254 g/mol. The number of aliphatic carboxylic acids is 1. The minimum absolute atomic E-state index is 0.320. The average Bonchev–Trinajstić information content (AvgIpc) is 2.78. The molecule has 0 unspecified atom stereocenters. The lowest BCUT2D eigenvalue weighted by Crippen LogP contribution is -2.19. The lowest BCUT2D eigenvalue weighted by molar-refractivity contribution is -0.158. The molecule has 1 aliphatic rings. The monoisotopic (exact) mass is 254 g/mol. The van der Waals surface area contributed by atoms with E-state index < -0.39 is 11.9 Å². The van der Waals surface area contributed by atoms with E-state index in [9.17, 15) is 9.59 Å². The minimum Gasteiger partial charge on any atom is -0.473 e. The molecule has 0 radical (unpaired) electrons. The van der Waals surface area contributed by atoms with Crippen LogP contribution in [0.15, 0.2) is 42.5 Å². The summed E-state index contributed by atoms with van der Waals surface area (Å²) in [5, 5.41) is 8.59. The first-order chi connectivity index (χ1) is 9.16. The number of hydrogen-bond acceptors (Lipinski definition) is 3. The molecule has 0 amide bonds. The fourth-order valence-electron chi connectivity index (χ4n) is 2.37. The smallest absolute Gasteiger partial charge is 0.422 e. The summed E-state index contributed by atoms with van der Waals surface area (Å²) in [6.45, 7) is 0. The molecule has 0 aromatic heterocycles. The summed E-state index contributed by atoms with van der Waals surface area (Å²) in [6, 6.07) is 13.2. The number of benzene rings is 2. The van der Waals surface area contributed by atoms with Gasteiger partial charge in [0.15, 0.2) is 0 Å². The van der Waals surface area contributed by atoms with Crippen LogP contribution in [0.2, 0.25) is 0 Å². The maximum absolute atomic E-state index is 11.2. The zero-order valence-electron chi connectivity index (χ0n) is 9.92. The van der Waals surface area contributed by atoms with Crippen molar-refractivity contribution < 1.29 is 19.4 Å². The van der Waals surface area contributed by atoms with Gasteiger partial charge in [0.1, 0.15) is 5.75 Å². The van der Waals surface area contributed by atoms with Crippen LogP contribution in [0.3, 0.4) is 0 Å². The third-order valence-electron chi connectivity index (χ3n) is 3.19. The molecule has 0 bridgehead atoms. The molecule has 0 fully saturated rings. The number of hydrogen-bond donors (Lipinski definition) is 1. The first-order valence-electron chi connectivity index (χ1n) is 5.82. The Morgan fingerprint density at radius 3 is 2.53 bits per heavy atom. The second-order valence-corrected chi connectivity index (χ2v) is 4.31. The van der Waals surface area contributed by atoms with Gasteiger partial charge in [0.25, 0.3) is 0 Å². The normalized spacial score (nSPS) is 11.6. The van der Waals surface area contributed by atoms with Gasteiger partial charge in [0.2, 0.25) is 0 Å². The van der Waals surface area contributed by atoms with Crippen molar-refractivity contribution in [3.8, 4) is 16.9 Å². The van der Waals surface area contributed by atoms with Crippen LogP contribution in [0.4, 0.5) is 0 Å². The molecular weight excluding hydrogens is 244 g/mol. The Bertz CT molecular complexity index is 688. The van der Waals surface area contributed by atoms with E-state index in [1.165, 1.54) is 0 Å². The van der Waals surface area contributed by atoms with Crippen molar-refractivity contribution in [1.82, 2.24) is 0 Å². The second-order valence-electron chi connectivity index (χ2n) is 4.31. The summed E-state index contributed by atoms with van der Waals surface area (Å²) < 4.78 is 4.91. The highest BCUT2D eigenvalue weighted by molar-refractivity contribution is 6.29. The second kappa shape index (κ2) is 4.24.